The lowest BCUT2D eigenvalue weighted by molar-refractivity contribution is -0.107. The summed E-state index contributed by atoms with van der Waals surface area (Å²) in [5.74, 6) is 0. The second-order valence-corrected chi connectivity index (χ2v) is 2.61. The molecular formula is C10H11NO3. The number of ether oxygens (including phenoxy) is 1. The number of alkyl carbamates (subject to hydrolysis) is 1. The lowest BCUT2D eigenvalue weighted by atomic mass is 10.2. The Morgan fingerprint density at radius 1 is 1.36 bits per heavy atom. The SMILES string of the molecule is O=[13CH]CNC(=O)OCc1ccccc1. The van der Waals surface area contributed by atoms with Crippen molar-refractivity contribution in [2.24, 2.45) is 0 Å². The molecule has 74 valence electrons. The molecule has 0 aliphatic rings. The number of hydrogen-bond acceptors (Lipinski definition) is 3. The van der Waals surface area contributed by atoms with Crippen molar-refractivity contribution >= 4 is 12.4 Å². The normalized spacial score (nSPS) is 9.14. The van der Waals surface area contributed by atoms with Gasteiger partial charge in [-0.15, -0.1) is 0 Å². The van der Waals surface area contributed by atoms with E-state index in [9.17, 15) is 9.59 Å². The number of benzene rings is 1. The van der Waals surface area contributed by atoms with Crippen molar-refractivity contribution in [3.8, 4) is 0 Å². The number of nitrogens with one attached hydrogen (secondary N) is 1. The van der Waals surface area contributed by atoms with Crippen LogP contribution in [0, 0.1) is 0 Å². The fourth-order valence-corrected chi connectivity index (χ4v) is 0.899. The predicted octanol–water partition coefficient (Wildman–Crippen LogP) is 1.11. The van der Waals surface area contributed by atoms with Crippen LogP contribution in [-0.2, 0) is 16.1 Å². The lowest BCUT2D eigenvalue weighted by Gasteiger charge is -2.04. The molecule has 0 aliphatic carbocycles. The molecule has 0 atom stereocenters. The minimum absolute atomic E-state index is 0.0202. The summed E-state index contributed by atoms with van der Waals surface area (Å²) >= 11 is 0. The maximum absolute atomic E-state index is 10.9. The van der Waals surface area contributed by atoms with E-state index in [4.69, 9.17) is 4.74 Å². The molecule has 1 aromatic carbocycles. The summed E-state index contributed by atoms with van der Waals surface area (Å²) in [6.07, 6.45) is 0.0185. The molecule has 1 N–H and O–H groups in total. The molecule has 0 saturated carbocycles. The van der Waals surface area contributed by atoms with E-state index in [2.05, 4.69) is 5.32 Å². The van der Waals surface area contributed by atoms with Gasteiger partial charge >= 0.3 is 6.09 Å². The molecule has 1 rings (SSSR count). The number of hydrogen-bond donors (Lipinski definition) is 1. The monoisotopic (exact) mass is 194 g/mol. The first-order valence-corrected chi connectivity index (χ1v) is 4.21. The molecule has 0 aliphatic heterocycles. The minimum Gasteiger partial charge on any atom is -0.445 e. The van der Waals surface area contributed by atoms with Gasteiger partial charge in [-0.2, -0.15) is 0 Å². The van der Waals surface area contributed by atoms with Gasteiger partial charge in [-0.05, 0) is 5.56 Å². The third-order valence-corrected chi connectivity index (χ3v) is 1.54. The average molecular weight is 194 g/mol. The van der Waals surface area contributed by atoms with E-state index in [0.717, 1.165) is 5.56 Å². The Labute approximate surface area is 81.9 Å². The number of amides is 1. The average Bonchev–Trinajstić information content (AvgIpc) is 2.25. The van der Waals surface area contributed by atoms with E-state index >= 15 is 0 Å². The highest BCUT2D eigenvalue weighted by atomic mass is 16.5. The molecule has 1 amide bonds. The van der Waals surface area contributed by atoms with Crippen LogP contribution in [0.4, 0.5) is 4.79 Å². The van der Waals surface area contributed by atoms with Gasteiger partial charge in [-0.3, -0.25) is 0 Å². The zero-order valence-electron chi connectivity index (χ0n) is 7.60. The Kier molecular flexibility index (Phi) is 4.20. The number of carbonyl (C=O) groups excluding carboxylic acids is 2. The fraction of sp³-hybridized carbons (Fsp3) is 0.200. The summed E-state index contributed by atoms with van der Waals surface area (Å²) in [6, 6.07) is 9.32. The number of rotatable bonds is 4. The first-order chi connectivity index (χ1) is 6.83. The van der Waals surface area contributed by atoms with Crippen LogP contribution < -0.4 is 5.32 Å². The standard InChI is InChI=1S/C10H11NO3/c12-7-6-11-10(13)14-8-9-4-2-1-3-5-9/h1-5,7H,6,8H2,(H,11,13)/i7+1. The molecule has 4 nitrogen and oxygen atoms in total. The Hall–Kier alpha value is -1.84. The lowest BCUT2D eigenvalue weighted by Crippen LogP contribution is -2.25. The molecule has 0 fully saturated rings. The molecule has 1 aromatic rings. The van der Waals surface area contributed by atoms with Crippen LogP contribution in [-0.4, -0.2) is 18.9 Å². The number of carbonyl (C=O) groups is 2. The highest BCUT2D eigenvalue weighted by Gasteiger charge is 1.99. The molecule has 0 saturated heterocycles. The zero-order valence-corrected chi connectivity index (χ0v) is 7.60. The summed E-state index contributed by atoms with van der Waals surface area (Å²) in [6.45, 7) is 0.194. The Balaban J connectivity index is 2.27. The maximum atomic E-state index is 10.9. The molecule has 0 spiro atoms. The van der Waals surface area contributed by atoms with Gasteiger partial charge < -0.3 is 14.8 Å². The molecule has 4 heteroatoms. The van der Waals surface area contributed by atoms with Gasteiger partial charge in [-0.25, -0.2) is 4.79 Å². The quantitative estimate of drug-likeness (QED) is 0.577. The van der Waals surface area contributed by atoms with Crippen molar-refractivity contribution < 1.29 is 14.3 Å². The van der Waals surface area contributed by atoms with E-state index in [-0.39, 0.29) is 13.2 Å². The van der Waals surface area contributed by atoms with Crippen molar-refractivity contribution in [1.82, 2.24) is 5.32 Å². The Morgan fingerprint density at radius 2 is 2.07 bits per heavy atom. The van der Waals surface area contributed by atoms with Crippen molar-refractivity contribution in [3.05, 3.63) is 35.9 Å². The van der Waals surface area contributed by atoms with Crippen LogP contribution >= 0.6 is 0 Å². The summed E-state index contributed by atoms with van der Waals surface area (Å²) in [5.41, 5.74) is 0.911. The van der Waals surface area contributed by atoms with Gasteiger partial charge in [0.25, 0.3) is 0 Å². The maximum Gasteiger partial charge on any atom is 0.407 e. The third kappa shape index (κ3) is 3.71. The van der Waals surface area contributed by atoms with Crippen LogP contribution in [0.2, 0.25) is 0 Å². The third-order valence-electron chi connectivity index (χ3n) is 1.54. The van der Waals surface area contributed by atoms with Crippen LogP contribution in [0.5, 0.6) is 0 Å². The number of aldehydes is 1. The van der Waals surface area contributed by atoms with Crippen LogP contribution in [0.3, 0.4) is 0 Å². The van der Waals surface area contributed by atoms with Gasteiger partial charge in [0.1, 0.15) is 12.9 Å². The van der Waals surface area contributed by atoms with Crippen molar-refractivity contribution in [1.29, 1.82) is 0 Å². The van der Waals surface area contributed by atoms with Crippen molar-refractivity contribution in [2.75, 3.05) is 6.54 Å². The Bertz CT molecular complexity index is 297. The van der Waals surface area contributed by atoms with Crippen molar-refractivity contribution in [3.63, 3.8) is 0 Å². The summed E-state index contributed by atoms with van der Waals surface area (Å²) in [7, 11) is 0. The van der Waals surface area contributed by atoms with Crippen LogP contribution in [0.15, 0.2) is 30.3 Å². The van der Waals surface area contributed by atoms with Crippen LogP contribution in [0.1, 0.15) is 5.56 Å². The smallest absolute Gasteiger partial charge is 0.407 e. The predicted molar refractivity (Wildman–Crippen MR) is 50.7 cm³/mol. The molecule has 14 heavy (non-hydrogen) atoms. The highest BCUT2D eigenvalue weighted by Crippen LogP contribution is 1.99. The van der Waals surface area contributed by atoms with Crippen molar-refractivity contribution in [2.45, 2.75) is 6.61 Å². The second-order valence-electron chi connectivity index (χ2n) is 2.61. The highest BCUT2D eigenvalue weighted by molar-refractivity contribution is 5.70. The minimum atomic E-state index is -0.582. The molecule has 0 bridgehead atoms. The van der Waals surface area contributed by atoms with Gasteiger partial charge in [-0.1, -0.05) is 30.3 Å². The first-order valence-electron chi connectivity index (χ1n) is 4.21. The zero-order chi connectivity index (χ0) is 10.2. The Morgan fingerprint density at radius 3 is 2.71 bits per heavy atom. The van der Waals surface area contributed by atoms with E-state index in [0.29, 0.717) is 6.29 Å². The summed E-state index contributed by atoms with van der Waals surface area (Å²) in [5, 5.41) is 2.27. The summed E-state index contributed by atoms with van der Waals surface area (Å²) < 4.78 is 4.82. The van der Waals surface area contributed by atoms with Gasteiger partial charge in [0.15, 0.2) is 0 Å². The summed E-state index contributed by atoms with van der Waals surface area (Å²) in [4.78, 5) is 20.8. The van der Waals surface area contributed by atoms with Gasteiger partial charge in [0.05, 0.1) is 6.54 Å². The molecule has 0 unspecified atom stereocenters. The fourth-order valence-electron chi connectivity index (χ4n) is 0.899. The van der Waals surface area contributed by atoms with E-state index in [1.54, 1.807) is 0 Å². The van der Waals surface area contributed by atoms with E-state index < -0.39 is 6.09 Å². The largest absolute Gasteiger partial charge is 0.445 e. The molecular weight excluding hydrogens is 183 g/mol. The molecule has 0 aromatic heterocycles. The second kappa shape index (κ2) is 5.75. The molecule has 0 radical (unpaired) electrons. The topological polar surface area (TPSA) is 55.4 Å². The van der Waals surface area contributed by atoms with Crippen LogP contribution in [0.25, 0.3) is 0 Å². The first kappa shape index (κ1) is 10.2. The van der Waals surface area contributed by atoms with E-state index in [1.165, 1.54) is 0 Å². The molecule has 0 heterocycles. The van der Waals surface area contributed by atoms with E-state index in [1.807, 2.05) is 30.3 Å². The van der Waals surface area contributed by atoms with Gasteiger partial charge in [0, 0.05) is 0 Å². The van der Waals surface area contributed by atoms with Gasteiger partial charge in [0.2, 0.25) is 0 Å².